The Balaban J connectivity index is 2.32. The molecule has 3 rings (SSSR count). The molecule has 0 saturated heterocycles. The molecule has 0 amide bonds. The molecule has 0 N–H and O–H groups in total. The Morgan fingerprint density at radius 1 is 1.00 bits per heavy atom. The topological polar surface area (TPSA) is 26.3 Å². The molecule has 1 aliphatic rings. The molecule has 0 bridgehead atoms. The zero-order valence-electron chi connectivity index (χ0n) is 12.7. The Morgan fingerprint density at radius 2 is 1.56 bits per heavy atom. The number of halogens is 5. The molecule has 1 aliphatic heterocycles. The minimum absolute atomic E-state index is 0.177. The number of carbonyl (C=O) groups excluding carboxylic acids is 1. The average molecular weight is 354 g/mol. The molecule has 1 heterocycles. The molecule has 0 radical (unpaired) electrons. The third-order valence-corrected chi connectivity index (χ3v) is 4.24. The minimum Gasteiger partial charge on any atom is -0.426 e. The van der Waals surface area contributed by atoms with Gasteiger partial charge in [0, 0.05) is 5.56 Å². The fraction of sp³-hybridized carbons (Fsp3) is 0.167. The van der Waals surface area contributed by atoms with Crippen molar-refractivity contribution < 1.29 is 31.5 Å². The maximum atomic E-state index is 14.3. The Morgan fingerprint density at radius 3 is 2.16 bits per heavy atom. The van der Waals surface area contributed by atoms with Crippen molar-refractivity contribution in [2.45, 2.75) is 18.3 Å². The maximum absolute atomic E-state index is 14.3. The lowest BCUT2D eigenvalue weighted by Gasteiger charge is -2.36. The summed E-state index contributed by atoms with van der Waals surface area (Å²) in [5, 5.41) is 0. The van der Waals surface area contributed by atoms with Crippen molar-refractivity contribution in [3.05, 3.63) is 77.1 Å². The second-order valence-electron chi connectivity index (χ2n) is 5.69. The van der Waals surface area contributed by atoms with Crippen LogP contribution < -0.4 is 4.74 Å². The quantitative estimate of drug-likeness (QED) is 0.204. The number of allylic oxidation sites excluding steroid dienone is 1. The maximum Gasteiger partial charge on any atom is 0.322 e. The van der Waals surface area contributed by atoms with E-state index in [2.05, 4.69) is 6.58 Å². The van der Waals surface area contributed by atoms with E-state index in [1.165, 1.54) is 12.1 Å². The fourth-order valence-electron chi connectivity index (χ4n) is 3.06. The highest BCUT2D eigenvalue weighted by molar-refractivity contribution is 5.88. The lowest BCUT2D eigenvalue weighted by Crippen LogP contribution is -2.46. The van der Waals surface area contributed by atoms with Gasteiger partial charge in [0.2, 0.25) is 5.82 Å². The monoisotopic (exact) mass is 354 g/mol. The SMILES string of the molecule is C=CCC1(c2c(F)c(F)c(F)c(F)c2F)Cc2ccccc2OC1=O. The van der Waals surface area contributed by atoms with Gasteiger partial charge in [-0.1, -0.05) is 24.3 Å². The number of hydrogen-bond donors (Lipinski definition) is 0. The van der Waals surface area contributed by atoms with Gasteiger partial charge in [0.15, 0.2) is 23.3 Å². The van der Waals surface area contributed by atoms with Gasteiger partial charge in [-0.15, -0.1) is 6.58 Å². The molecule has 2 nitrogen and oxygen atoms in total. The van der Waals surface area contributed by atoms with Crippen LogP contribution in [0, 0.1) is 29.1 Å². The van der Waals surface area contributed by atoms with E-state index in [1.54, 1.807) is 18.2 Å². The predicted molar refractivity (Wildman–Crippen MR) is 78.5 cm³/mol. The van der Waals surface area contributed by atoms with Gasteiger partial charge in [-0.2, -0.15) is 0 Å². The molecule has 7 heteroatoms. The summed E-state index contributed by atoms with van der Waals surface area (Å²) >= 11 is 0. The average Bonchev–Trinajstić information content (AvgIpc) is 2.59. The zero-order valence-corrected chi connectivity index (χ0v) is 12.7. The summed E-state index contributed by atoms with van der Waals surface area (Å²) in [4.78, 5) is 12.5. The molecule has 25 heavy (non-hydrogen) atoms. The molecule has 0 saturated carbocycles. The van der Waals surface area contributed by atoms with Crippen LogP contribution in [0.1, 0.15) is 17.5 Å². The van der Waals surface area contributed by atoms with Crippen LogP contribution in [0.25, 0.3) is 0 Å². The normalized spacial score (nSPS) is 19.3. The number of para-hydroxylation sites is 1. The van der Waals surface area contributed by atoms with Crippen molar-refractivity contribution in [3.63, 3.8) is 0 Å². The number of esters is 1. The molecule has 0 aromatic heterocycles. The van der Waals surface area contributed by atoms with Crippen molar-refractivity contribution in [2.24, 2.45) is 0 Å². The number of fused-ring (bicyclic) bond motifs is 1. The highest BCUT2D eigenvalue weighted by Crippen LogP contribution is 2.44. The van der Waals surface area contributed by atoms with Gasteiger partial charge < -0.3 is 4.74 Å². The van der Waals surface area contributed by atoms with E-state index in [1.807, 2.05) is 0 Å². The summed E-state index contributed by atoms with van der Waals surface area (Å²) in [6, 6.07) is 6.22. The summed E-state index contributed by atoms with van der Waals surface area (Å²) in [6.45, 7) is 3.42. The third-order valence-electron chi connectivity index (χ3n) is 4.24. The van der Waals surface area contributed by atoms with E-state index in [-0.39, 0.29) is 18.6 Å². The fourth-order valence-corrected chi connectivity index (χ4v) is 3.06. The largest absolute Gasteiger partial charge is 0.426 e. The van der Waals surface area contributed by atoms with Crippen molar-refractivity contribution >= 4 is 5.97 Å². The number of rotatable bonds is 3. The first-order valence-corrected chi connectivity index (χ1v) is 7.26. The van der Waals surface area contributed by atoms with Crippen molar-refractivity contribution in [2.75, 3.05) is 0 Å². The molecule has 130 valence electrons. The van der Waals surface area contributed by atoms with Crippen LogP contribution in [-0.2, 0) is 16.6 Å². The Labute approximate surface area is 139 Å². The first-order valence-electron chi connectivity index (χ1n) is 7.26. The molecule has 0 fully saturated rings. The van der Waals surface area contributed by atoms with Gasteiger partial charge in [0.1, 0.15) is 11.2 Å². The van der Waals surface area contributed by atoms with Gasteiger partial charge in [0.25, 0.3) is 0 Å². The number of benzene rings is 2. The Kier molecular flexibility index (Phi) is 4.10. The van der Waals surface area contributed by atoms with Crippen LogP contribution in [0.2, 0.25) is 0 Å². The number of hydrogen-bond acceptors (Lipinski definition) is 2. The van der Waals surface area contributed by atoms with Crippen molar-refractivity contribution in [3.8, 4) is 5.75 Å². The van der Waals surface area contributed by atoms with Gasteiger partial charge >= 0.3 is 5.97 Å². The lowest BCUT2D eigenvalue weighted by molar-refractivity contribution is -0.142. The molecular weight excluding hydrogens is 343 g/mol. The second-order valence-corrected chi connectivity index (χ2v) is 5.69. The highest BCUT2D eigenvalue weighted by atomic mass is 19.2. The van der Waals surface area contributed by atoms with E-state index in [0.29, 0.717) is 5.56 Å². The van der Waals surface area contributed by atoms with Gasteiger partial charge in [-0.05, 0) is 24.5 Å². The summed E-state index contributed by atoms with van der Waals surface area (Å²) < 4.78 is 74.5. The molecule has 2 aromatic rings. The van der Waals surface area contributed by atoms with E-state index >= 15 is 0 Å². The highest BCUT2D eigenvalue weighted by Gasteiger charge is 2.50. The summed E-state index contributed by atoms with van der Waals surface area (Å²) in [5.41, 5.74) is -2.89. The van der Waals surface area contributed by atoms with Crippen LogP contribution in [-0.4, -0.2) is 5.97 Å². The van der Waals surface area contributed by atoms with E-state index < -0.39 is 46.0 Å². The van der Waals surface area contributed by atoms with Crippen LogP contribution in [0.3, 0.4) is 0 Å². The second kappa shape index (κ2) is 5.98. The Bertz CT molecular complexity index is 864. The smallest absolute Gasteiger partial charge is 0.322 e. The Hall–Kier alpha value is -2.70. The molecule has 0 spiro atoms. The van der Waals surface area contributed by atoms with Crippen LogP contribution in [0.15, 0.2) is 36.9 Å². The number of ether oxygens (including phenoxy) is 1. The minimum atomic E-state index is -2.28. The van der Waals surface area contributed by atoms with E-state index in [9.17, 15) is 26.7 Å². The first kappa shape index (κ1) is 17.1. The zero-order chi connectivity index (χ0) is 18.4. The van der Waals surface area contributed by atoms with Crippen LogP contribution in [0.5, 0.6) is 5.75 Å². The van der Waals surface area contributed by atoms with Crippen molar-refractivity contribution in [1.29, 1.82) is 0 Å². The molecule has 1 atom stereocenters. The molecule has 1 unspecified atom stereocenters. The van der Waals surface area contributed by atoms with E-state index in [0.717, 1.165) is 0 Å². The molecular formula is C18H11F5O2. The summed E-state index contributed by atoms with van der Waals surface area (Å²) in [5.74, 6) is -11.5. The summed E-state index contributed by atoms with van der Waals surface area (Å²) in [7, 11) is 0. The molecule has 0 aliphatic carbocycles. The van der Waals surface area contributed by atoms with Gasteiger partial charge in [0.05, 0.1) is 0 Å². The van der Waals surface area contributed by atoms with Crippen LogP contribution in [0.4, 0.5) is 22.0 Å². The summed E-state index contributed by atoms with van der Waals surface area (Å²) in [6.07, 6.45) is 0.526. The first-order chi connectivity index (χ1) is 11.8. The number of carbonyl (C=O) groups is 1. The van der Waals surface area contributed by atoms with Crippen LogP contribution >= 0.6 is 0 Å². The predicted octanol–water partition coefficient (Wildman–Crippen LogP) is 4.36. The van der Waals surface area contributed by atoms with E-state index in [4.69, 9.17) is 4.74 Å². The lowest BCUT2D eigenvalue weighted by atomic mass is 9.71. The van der Waals surface area contributed by atoms with Gasteiger partial charge in [-0.3, -0.25) is 4.79 Å². The molecule has 2 aromatic carbocycles. The standard InChI is InChI=1S/C18H11F5O2/c1-2-7-18(8-9-5-3-4-6-10(9)25-17(18)24)11-12(19)14(21)16(23)15(22)13(11)20/h2-6H,1,7-8H2. The third kappa shape index (κ3) is 2.42. The van der Waals surface area contributed by atoms with Gasteiger partial charge in [-0.25, -0.2) is 22.0 Å². The van der Waals surface area contributed by atoms with Crippen molar-refractivity contribution in [1.82, 2.24) is 0 Å².